The van der Waals surface area contributed by atoms with Crippen molar-refractivity contribution in [1.82, 2.24) is 0 Å². The largest absolute Gasteiger partial charge is 0.462 e. The molecule has 0 bridgehead atoms. The zero-order valence-electron chi connectivity index (χ0n) is 28.3. The number of carbonyl (C=O) groups excluding carboxylic acids is 1. The summed E-state index contributed by atoms with van der Waals surface area (Å²) in [5, 5.41) is 0. The lowest BCUT2D eigenvalue weighted by atomic mass is 9.47. The SMILES string of the molecule is CC(C)CCC[C@H](C)[C@H]1CC[C@H]2[C@@H]3CC=C4C[C@@H](OC(=O)Cc5ccc(N(CCCl)CCCl)cc5)CC[C@]4(C)[C@H]3CC[C@]12C. The summed E-state index contributed by atoms with van der Waals surface area (Å²) < 4.78 is 6.13. The topological polar surface area (TPSA) is 29.5 Å². The van der Waals surface area contributed by atoms with E-state index in [0.717, 1.165) is 79.1 Å². The Kier molecular flexibility index (Phi) is 11.4. The Bertz CT molecular complexity index is 1130. The molecule has 8 atom stereocenters. The lowest BCUT2D eigenvalue weighted by molar-refractivity contribution is -0.150. The number of hydrogen-bond acceptors (Lipinski definition) is 3. The molecule has 0 unspecified atom stereocenters. The fourth-order valence-electron chi connectivity index (χ4n) is 10.5. The van der Waals surface area contributed by atoms with Gasteiger partial charge in [-0.2, -0.15) is 0 Å². The molecule has 0 aromatic heterocycles. The lowest BCUT2D eigenvalue weighted by Gasteiger charge is -2.58. The summed E-state index contributed by atoms with van der Waals surface area (Å²) in [6.45, 7) is 14.1. The number of nitrogens with zero attached hydrogens (tertiary/aromatic N) is 1. The highest BCUT2D eigenvalue weighted by Crippen LogP contribution is 2.67. The minimum absolute atomic E-state index is 0.0111. The van der Waals surface area contributed by atoms with E-state index in [1.165, 1.54) is 51.4 Å². The van der Waals surface area contributed by atoms with E-state index < -0.39 is 0 Å². The normalized spacial score (nSPS) is 33.6. The van der Waals surface area contributed by atoms with Crippen molar-refractivity contribution in [3.8, 4) is 0 Å². The van der Waals surface area contributed by atoms with Gasteiger partial charge in [-0.1, -0.05) is 77.7 Å². The molecule has 0 spiro atoms. The van der Waals surface area contributed by atoms with Gasteiger partial charge in [-0.15, -0.1) is 23.2 Å². The van der Waals surface area contributed by atoms with Gasteiger partial charge >= 0.3 is 5.97 Å². The summed E-state index contributed by atoms with van der Waals surface area (Å²) in [4.78, 5) is 15.2. The van der Waals surface area contributed by atoms with Crippen LogP contribution in [0.15, 0.2) is 35.9 Å². The standard InChI is InChI=1S/C39H59Cl2NO2/c1-27(2)7-6-8-28(3)34-15-16-35-33-14-11-30-26-32(17-19-38(30,4)36(33)18-20-39(34,35)5)44-37(43)25-29-9-12-31(13-10-29)42(23-21-40)24-22-41/h9-13,27-28,32-36H,6-8,14-26H2,1-5H3/t28-,32-,33-,34+,35-,36-,38-,39+/m0/s1. The van der Waals surface area contributed by atoms with Crippen molar-refractivity contribution in [2.75, 3.05) is 29.7 Å². The minimum atomic E-state index is -0.105. The summed E-state index contributed by atoms with van der Waals surface area (Å²) in [5.74, 6) is 6.10. The number of esters is 1. The first-order valence-electron chi connectivity index (χ1n) is 17.9. The molecule has 4 aliphatic carbocycles. The van der Waals surface area contributed by atoms with Crippen LogP contribution in [0.5, 0.6) is 0 Å². The van der Waals surface area contributed by atoms with E-state index in [2.05, 4.69) is 57.7 Å². The van der Waals surface area contributed by atoms with E-state index in [0.29, 0.717) is 23.6 Å². The number of halogens is 2. The summed E-state index contributed by atoms with van der Waals surface area (Å²) in [6.07, 6.45) is 17.1. The molecule has 4 aliphatic rings. The lowest BCUT2D eigenvalue weighted by Crippen LogP contribution is -2.51. The predicted molar refractivity (Wildman–Crippen MR) is 187 cm³/mol. The van der Waals surface area contributed by atoms with Crippen LogP contribution < -0.4 is 4.90 Å². The average Bonchev–Trinajstić information content (AvgIpc) is 3.35. The maximum Gasteiger partial charge on any atom is 0.310 e. The van der Waals surface area contributed by atoms with Gasteiger partial charge in [0.1, 0.15) is 6.10 Å². The van der Waals surface area contributed by atoms with Gasteiger partial charge in [0.15, 0.2) is 0 Å². The zero-order chi connectivity index (χ0) is 31.5. The summed E-state index contributed by atoms with van der Waals surface area (Å²) in [5.41, 5.74) is 4.47. The third-order valence-electron chi connectivity index (χ3n) is 12.9. The number of benzene rings is 1. The molecule has 44 heavy (non-hydrogen) atoms. The van der Waals surface area contributed by atoms with Crippen LogP contribution in [0.1, 0.15) is 111 Å². The fraction of sp³-hybridized carbons (Fsp3) is 0.769. The molecule has 0 aliphatic heterocycles. The Labute approximate surface area is 278 Å². The number of hydrogen-bond donors (Lipinski definition) is 0. The molecule has 0 amide bonds. The Morgan fingerprint density at radius 1 is 0.955 bits per heavy atom. The quantitative estimate of drug-likeness (QED) is 0.122. The van der Waals surface area contributed by atoms with E-state index >= 15 is 0 Å². The third-order valence-corrected chi connectivity index (χ3v) is 13.3. The Morgan fingerprint density at radius 2 is 1.68 bits per heavy atom. The predicted octanol–water partition coefficient (Wildman–Crippen LogP) is 10.5. The smallest absolute Gasteiger partial charge is 0.310 e. The van der Waals surface area contributed by atoms with E-state index in [9.17, 15) is 4.79 Å². The van der Waals surface area contributed by atoms with Crippen LogP contribution in [0.25, 0.3) is 0 Å². The van der Waals surface area contributed by atoms with Gasteiger partial charge in [0.2, 0.25) is 0 Å². The molecule has 1 aromatic carbocycles. The number of ether oxygens (including phenoxy) is 1. The molecule has 246 valence electrons. The maximum atomic E-state index is 13.0. The van der Waals surface area contributed by atoms with E-state index in [4.69, 9.17) is 27.9 Å². The number of allylic oxidation sites excluding steroid dienone is 1. The monoisotopic (exact) mass is 643 g/mol. The number of fused-ring (bicyclic) bond motifs is 5. The first-order valence-corrected chi connectivity index (χ1v) is 19.0. The molecule has 3 saturated carbocycles. The van der Waals surface area contributed by atoms with Crippen LogP contribution in [0.3, 0.4) is 0 Å². The van der Waals surface area contributed by atoms with Crippen molar-refractivity contribution >= 4 is 34.9 Å². The second kappa shape index (κ2) is 14.7. The first-order chi connectivity index (χ1) is 21.1. The average molecular weight is 645 g/mol. The van der Waals surface area contributed by atoms with E-state index in [-0.39, 0.29) is 17.5 Å². The van der Waals surface area contributed by atoms with Gasteiger partial charge in [0.25, 0.3) is 0 Å². The van der Waals surface area contributed by atoms with Gasteiger partial charge in [0, 0.05) is 37.0 Å². The van der Waals surface area contributed by atoms with E-state index in [1.807, 2.05) is 12.1 Å². The molecule has 5 heteroatoms. The fourth-order valence-corrected chi connectivity index (χ4v) is 11.0. The van der Waals surface area contributed by atoms with Crippen LogP contribution in [0.2, 0.25) is 0 Å². The van der Waals surface area contributed by atoms with Crippen molar-refractivity contribution in [2.45, 2.75) is 118 Å². The molecule has 0 N–H and O–H groups in total. The molecular formula is C39H59Cl2NO2. The molecule has 0 radical (unpaired) electrons. The first kappa shape index (κ1) is 34.2. The van der Waals surface area contributed by atoms with Crippen molar-refractivity contribution in [1.29, 1.82) is 0 Å². The number of rotatable bonds is 13. The number of alkyl halides is 2. The zero-order valence-corrected chi connectivity index (χ0v) is 29.8. The second-order valence-electron chi connectivity index (χ2n) is 15.9. The van der Waals surface area contributed by atoms with Crippen LogP contribution in [0, 0.1) is 46.3 Å². The number of carbonyl (C=O) groups is 1. The van der Waals surface area contributed by atoms with Crippen LogP contribution in [0.4, 0.5) is 5.69 Å². The van der Waals surface area contributed by atoms with Crippen LogP contribution in [-0.2, 0) is 16.0 Å². The van der Waals surface area contributed by atoms with Gasteiger partial charge < -0.3 is 9.64 Å². The molecule has 1 aromatic rings. The van der Waals surface area contributed by atoms with Crippen molar-refractivity contribution in [2.24, 2.45) is 46.3 Å². The van der Waals surface area contributed by atoms with Crippen LogP contribution >= 0.6 is 23.2 Å². The molecule has 3 fully saturated rings. The van der Waals surface area contributed by atoms with Crippen LogP contribution in [-0.4, -0.2) is 36.9 Å². The molecular weight excluding hydrogens is 585 g/mol. The highest BCUT2D eigenvalue weighted by Gasteiger charge is 2.59. The maximum absolute atomic E-state index is 13.0. The Hall–Kier alpha value is -1.19. The minimum Gasteiger partial charge on any atom is -0.462 e. The highest BCUT2D eigenvalue weighted by atomic mass is 35.5. The molecule has 3 nitrogen and oxygen atoms in total. The second-order valence-corrected chi connectivity index (χ2v) is 16.6. The van der Waals surface area contributed by atoms with Crippen molar-refractivity contribution < 1.29 is 9.53 Å². The highest BCUT2D eigenvalue weighted by molar-refractivity contribution is 6.18. The van der Waals surface area contributed by atoms with Crippen molar-refractivity contribution in [3.63, 3.8) is 0 Å². The molecule has 0 heterocycles. The van der Waals surface area contributed by atoms with Gasteiger partial charge in [-0.05, 0) is 109 Å². The Balaban J connectivity index is 1.17. The van der Waals surface area contributed by atoms with Crippen molar-refractivity contribution in [3.05, 3.63) is 41.5 Å². The third kappa shape index (κ3) is 7.20. The molecule has 0 saturated heterocycles. The summed E-state index contributed by atoms with van der Waals surface area (Å²) in [6, 6.07) is 8.19. The van der Waals surface area contributed by atoms with Gasteiger partial charge in [0.05, 0.1) is 6.42 Å². The number of anilines is 1. The van der Waals surface area contributed by atoms with Gasteiger partial charge in [-0.25, -0.2) is 0 Å². The molecule has 5 rings (SSSR count). The summed E-state index contributed by atoms with van der Waals surface area (Å²) in [7, 11) is 0. The van der Waals surface area contributed by atoms with Gasteiger partial charge in [-0.3, -0.25) is 4.79 Å². The Morgan fingerprint density at radius 3 is 2.36 bits per heavy atom. The van der Waals surface area contributed by atoms with E-state index in [1.54, 1.807) is 5.57 Å². The summed E-state index contributed by atoms with van der Waals surface area (Å²) >= 11 is 11.9.